The van der Waals surface area contributed by atoms with Crippen LogP contribution >= 0.6 is 0 Å². The zero-order chi connectivity index (χ0) is 34.6. The van der Waals surface area contributed by atoms with E-state index < -0.39 is 5.60 Å². The SMILES string of the molecule is CCN(CC)c1ccc(C)c(C)c1C1(C=C(c2c(C)n(CC)c3ccccc23)c2c(C)n(CC)c3ccccc23)OC(=O)c2ccccc21. The van der Waals surface area contributed by atoms with Crippen LogP contribution in [0.2, 0.25) is 0 Å². The summed E-state index contributed by atoms with van der Waals surface area (Å²) in [6, 6.07) is 29.8. The number of anilines is 1. The molecule has 5 nitrogen and oxygen atoms in total. The second-order valence-corrected chi connectivity index (χ2v) is 13.2. The topological polar surface area (TPSA) is 39.4 Å². The maximum atomic E-state index is 14.1. The van der Waals surface area contributed by atoms with Crippen LogP contribution < -0.4 is 4.90 Å². The normalized spacial score (nSPS) is 15.6. The molecule has 0 fully saturated rings. The van der Waals surface area contributed by atoms with Gasteiger partial charge >= 0.3 is 5.97 Å². The van der Waals surface area contributed by atoms with Gasteiger partial charge in [0.1, 0.15) is 0 Å². The van der Waals surface area contributed by atoms with E-state index in [0.717, 1.165) is 59.7 Å². The molecule has 0 bridgehead atoms. The van der Waals surface area contributed by atoms with Crippen LogP contribution in [0.1, 0.15) is 82.8 Å². The molecule has 250 valence electrons. The van der Waals surface area contributed by atoms with Crippen molar-refractivity contribution in [3.8, 4) is 0 Å². The average Bonchev–Trinajstić information content (AvgIpc) is 3.68. The number of rotatable bonds is 9. The van der Waals surface area contributed by atoms with Gasteiger partial charge in [0.15, 0.2) is 5.60 Å². The Balaban J connectivity index is 1.73. The Hall–Kier alpha value is -5.03. The monoisotopic (exact) mass is 649 g/mol. The van der Waals surface area contributed by atoms with Crippen molar-refractivity contribution < 1.29 is 9.53 Å². The quantitative estimate of drug-likeness (QED) is 0.146. The van der Waals surface area contributed by atoms with Crippen LogP contribution in [0, 0.1) is 27.7 Å². The van der Waals surface area contributed by atoms with Crippen LogP contribution in [0.5, 0.6) is 0 Å². The second-order valence-electron chi connectivity index (χ2n) is 13.2. The van der Waals surface area contributed by atoms with E-state index in [1.165, 1.54) is 44.3 Å². The van der Waals surface area contributed by atoms with Crippen LogP contribution in [0.25, 0.3) is 27.4 Å². The van der Waals surface area contributed by atoms with E-state index in [9.17, 15) is 4.79 Å². The molecular weight excluding hydrogens is 603 g/mol. The lowest BCUT2D eigenvalue weighted by atomic mass is 9.77. The highest BCUT2D eigenvalue weighted by atomic mass is 16.6. The molecule has 0 N–H and O–H groups in total. The Morgan fingerprint density at radius 1 is 0.714 bits per heavy atom. The minimum atomic E-state index is -1.18. The number of aromatic nitrogens is 2. The van der Waals surface area contributed by atoms with Gasteiger partial charge in [-0.05, 0) is 102 Å². The van der Waals surface area contributed by atoms with Crippen molar-refractivity contribution in [1.29, 1.82) is 0 Å². The lowest BCUT2D eigenvalue weighted by Crippen LogP contribution is -2.32. The first-order valence-electron chi connectivity index (χ1n) is 17.8. The lowest BCUT2D eigenvalue weighted by Gasteiger charge is -2.35. The second kappa shape index (κ2) is 12.5. The fraction of sp³-hybridized carbons (Fsp3) is 0.295. The summed E-state index contributed by atoms with van der Waals surface area (Å²) < 4.78 is 11.7. The zero-order valence-electron chi connectivity index (χ0n) is 30.1. The fourth-order valence-electron chi connectivity index (χ4n) is 8.53. The van der Waals surface area contributed by atoms with Gasteiger partial charge in [0.25, 0.3) is 0 Å². The highest BCUT2D eigenvalue weighted by molar-refractivity contribution is 6.07. The predicted molar refractivity (Wildman–Crippen MR) is 204 cm³/mol. The fourth-order valence-corrected chi connectivity index (χ4v) is 8.53. The Kier molecular flexibility index (Phi) is 8.26. The summed E-state index contributed by atoms with van der Waals surface area (Å²) in [5, 5.41) is 2.39. The number of benzene rings is 4. The number of fused-ring (bicyclic) bond motifs is 3. The Morgan fingerprint density at radius 3 is 1.80 bits per heavy atom. The number of ether oxygens (including phenoxy) is 1. The van der Waals surface area contributed by atoms with Crippen LogP contribution in [-0.4, -0.2) is 28.2 Å². The van der Waals surface area contributed by atoms with Crippen LogP contribution in [0.15, 0.2) is 91.0 Å². The molecule has 1 unspecified atom stereocenters. The maximum Gasteiger partial charge on any atom is 0.340 e. The molecule has 0 amide bonds. The molecule has 1 atom stereocenters. The molecule has 6 aromatic rings. The molecular formula is C44H47N3O2. The van der Waals surface area contributed by atoms with Gasteiger partial charge < -0.3 is 18.8 Å². The molecule has 49 heavy (non-hydrogen) atoms. The van der Waals surface area contributed by atoms with E-state index in [-0.39, 0.29) is 5.97 Å². The summed E-state index contributed by atoms with van der Waals surface area (Å²) in [6.07, 6.45) is 2.31. The van der Waals surface area contributed by atoms with Gasteiger partial charge in [-0.25, -0.2) is 4.79 Å². The minimum absolute atomic E-state index is 0.294. The van der Waals surface area contributed by atoms with Crippen molar-refractivity contribution in [3.63, 3.8) is 0 Å². The van der Waals surface area contributed by atoms with E-state index in [4.69, 9.17) is 4.74 Å². The van der Waals surface area contributed by atoms with Crippen molar-refractivity contribution in [3.05, 3.63) is 141 Å². The highest BCUT2D eigenvalue weighted by Crippen LogP contribution is 2.52. The Bertz CT molecular complexity index is 2190. The molecule has 5 heteroatoms. The number of cyclic esters (lactones) is 1. The molecule has 3 heterocycles. The van der Waals surface area contributed by atoms with Gasteiger partial charge in [-0.3, -0.25) is 0 Å². The van der Waals surface area contributed by atoms with Gasteiger partial charge in [-0.2, -0.15) is 0 Å². The number of hydrogen-bond donors (Lipinski definition) is 0. The van der Waals surface area contributed by atoms with E-state index in [2.05, 4.69) is 142 Å². The number of para-hydroxylation sites is 2. The Morgan fingerprint density at radius 2 is 1.24 bits per heavy atom. The summed E-state index contributed by atoms with van der Waals surface area (Å²) in [5.74, 6) is -0.294. The van der Waals surface area contributed by atoms with E-state index in [0.29, 0.717) is 5.56 Å². The summed E-state index contributed by atoms with van der Waals surface area (Å²) in [7, 11) is 0. The zero-order valence-corrected chi connectivity index (χ0v) is 30.1. The smallest absolute Gasteiger partial charge is 0.340 e. The first-order chi connectivity index (χ1) is 23.7. The number of carbonyl (C=O) groups excluding carboxylic acids is 1. The summed E-state index contributed by atoms with van der Waals surface area (Å²) >= 11 is 0. The van der Waals surface area contributed by atoms with Gasteiger partial charge in [0.2, 0.25) is 0 Å². The molecule has 2 aromatic heterocycles. The molecule has 0 radical (unpaired) electrons. The van der Waals surface area contributed by atoms with Crippen molar-refractivity contribution in [2.24, 2.45) is 0 Å². The first-order valence-corrected chi connectivity index (χ1v) is 17.8. The minimum Gasteiger partial charge on any atom is -0.441 e. The molecule has 0 spiro atoms. The van der Waals surface area contributed by atoms with E-state index in [1.807, 2.05) is 18.2 Å². The maximum absolute atomic E-state index is 14.1. The van der Waals surface area contributed by atoms with Crippen molar-refractivity contribution in [1.82, 2.24) is 9.13 Å². The third-order valence-corrected chi connectivity index (χ3v) is 11.0. The first kappa shape index (κ1) is 32.5. The van der Waals surface area contributed by atoms with Crippen LogP contribution in [0.4, 0.5) is 5.69 Å². The number of esters is 1. The average molecular weight is 650 g/mol. The van der Waals surface area contributed by atoms with Crippen molar-refractivity contribution in [2.45, 2.75) is 74.1 Å². The van der Waals surface area contributed by atoms with Crippen LogP contribution in [0.3, 0.4) is 0 Å². The predicted octanol–water partition coefficient (Wildman–Crippen LogP) is 10.3. The van der Waals surface area contributed by atoms with Crippen LogP contribution in [-0.2, 0) is 23.4 Å². The molecule has 1 aliphatic rings. The van der Waals surface area contributed by atoms with E-state index >= 15 is 0 Å². The molecule has 0 saturated heterocycles. The molecule has 7 rings (SSSR count). The third-order valence-electron chi connectivity index (χ3n) is 11.0. The largest absolute Gasteiger partial charge is 0.441 e. The van der Waals surface area contributed by atoms with Crippen molar-refractivity contribution >= 4 is 39.0 Å². The molecule has 0 aliphatic carbocycles. The third kappa shape index (κ3) is 4.77. The van der Waals surface area contributed by atoms with Crippen molar-refractivity contribution in [2.75, 3.05) is 18.0 Å². The van der Waals surface area contributed by atoms with E-state index in [1.54, 1.807) is 0 Å². The number of nitrogens with zero attached hydrogens (tertiary/aromatic N) is 3. The van der Waals surface area contributed by atoms with Gasteiger partial charge in [0.05, 0.1) is 5.56 Å². The number of carbonyl (C=O) groups is 1. The van der Waals surface area contributed by atoms with Gasteiger partial charge in [0, 0.05) is 87.3 Å². The highest BCUT2D eigenvalue weighted by Gasteiger charge is 2.49. The van der Waals surface area contributed by atoms with Gasteiger partial charge in [-0.15, -0.1) is 0 Å². The Labute approximate surface area is 290 Å². The summed E-state index contributed by atoms with van der Waals surface area (Å²) in [6.45, 7) is 21.0. The lowest BCUT2D eigenvalue weighted by molar-refractivity contribution is 0.0276. The summed E-state index contributed by atoms with van der Waals surface area (Å²) in [4.78, 5) is 16.5. The molecule has 1 aliphatic heterocycles. The summed E-state index contributed by atoms with van der Waals surface area (Å²) in [5.41, 5.74) is 13.0. The molecule has 0 saturated carbocycles. The standard InChI is InChI=1S/C44H47N3O2/c1-9-45(10-2)39-26-25-28(5)29(6)42(39)44(36-22-16-13-19-32(36)43(48)49-44)27-35(40-30(7)46(11-3)37-23-17-14-20-33(37)40)41-31(8)47(12-4)38-24-18-15-21-34(38)41/h13-27H,9-12H2,1-8H3. The molecule has 4 aromatic carbocycles. The van der Waals surface area contributed by atoms with Gasteiger partial charge in [-0.1, -0.05) is 60.7 Å². The number of hydrogen-bond acceptors (Lipinski definition) is 3. The number of aryl methyl sites for hydroxylation is 3.